The number of nitriles is 1. The van der Waals surface area contributed by atoms with Crippen molar-refractivity contribution in [3.63, 3.8) is 0 Å². The molecule has 0 bridgehead atoms. The summed E-state index contributed by atoms with van der Waals surface area (Å²) in [6.45, 7) is 0. The zero-order chi connectivity index (χ0) is 14.1. The number of aromatic nitrogens is 2. The van der Waals surface area contributed by atoms with E-state index in [1.54, 1.807) is 19.2 Å². The normalized spacial score (nSPS) is 10.4. The van der Waals surface area contributed by atoms with E-state index in [-0.39, 0.29) is 0 Å². The highest BCUT2D eigenvalue weighted by Gasteiger charge is 2.10. The van der Waals surface area contributed by atoms with E-state index in [0.717, 1.165) is 28.2 Å². The summed E-state index contributed by atoms with van der Waals surface area (Å²) < 4.78 is 7.27. The summed E-state index contributed by atoms with van der Waals surface area (Å²) in [4.78, 5) is 4.62. The highest BCUT2D eigenvalue weighted by Crippen LogP contribution is 2.26. The summed E-state index contributed by atoms with van der Waals surface area (Å²) >= 11 is 0. The number of aryl methyl sites for hydroxylation is 1. The molecule has 3 aromatic rings. The molecule has 1 aromatic heterocycles. The van der Waals surface area contributed by atoms with Crippen molar-refractivity contribution in [1.82, 2.24) is 9.55 Å². The van der Waals surface area contributed by atoms with E-state index in [1.165, 1.54) is 0 Å². The Balaban J connectivity index is 2.21. The van der Waals surface area contributed by atoms with Crippen LogP contribution < -0.4 is 4.74 Å². The Hall–Kier alpha value is -2.80. The summed E-state index contributed by atoms with van der Waals surface area (Å²) in [6, 6.07) is 15.5. The van der Waals surface area contributed by atoms with Gasteiger partial charge in [-0.25, -0.2) is 4.98 Å². The zero-order valence-corrected chi connectivity index (χ0v) is 11.3. The number of hydrogen-bond acceptors (Lipinski definition) is 3. The van der Waals surface area contributed by atoms with Crippen LogP contribution in [-0.4, -0.2) is 16.7 Å². The number of fused-ring (bicyclic) bond motifs is 1. The lowest BCUT2D eigenvalue weighted by Crippen LogP contribution is -1.93. The van der Waals surface area contributed by atoms with Crippen LogP contribution in [0.25, 0.3) is 22.4 Å². The summed E-state index contributed by atoms with van der Waals surface area (Å²) in [5.41, 5.74) is 3.43. The lowest BCUT2D eigenvalue weighted by atomic mass is 10.2. The first-order valence-corrected chi connectivity index (χ1v) is 6.24. The van der Waals surface area contributed by atoms with Crippen LogP contribution in [0.5, 0.6) is 5.75 Å². The maximum atomic E-state index is 8.96. The first-order valence-electron chi connectivity index (χ1n) is 6.24. The van der Waals surface area contributed by atoms with Gasteiger partial charge in [0.15, 0.2) is 0 Å². The molecule has 4 nitrogen and oxygen atoms in total. The van der Waals surface area contributed by atoms with Gasteiger partial charge in [-0.3, -0.25) is 0 Å². The molecule has 0 atom stereocenters. The number of rotatable bonds is 2. The maximum Gasteiger partial charge on any atom is 0.140 e. The topological polar surface area (TPSA) is 50.8 Å². The summed E-state index contributed by atoms with van der Waals surface area (Å²) in [5.74, 6) is 1.65. The van der Waals surface area contributed by atoms with Gasteiger partial charge in [0, 0.05) is 12.6 Å². The van der Waals surface area contributed by atoms with Gasteiger partial charge >= 0.3 is 0 Å². The van der Waals surface area contributed by atoms with Crippen molar-refractivity contribution < 1.29 is 4.74 Å². The van der Waals surface area contributed by atoms with Crippen molar-refractivity contribution >= 4 is 11.0 Å². The molecule has 20 heavy (non-hydrogen) atoms. The minimum absolute atomic E-state index is 0.618. The summed E-state index contributed by atoms with van der Waals surface area (Å²) in [5, 5.41) is 8.96. The van der Waals surface area contributed by atoms with Crippen molar-refractivity contribution in [1.29, 1.82) is 5.26 Å². The van der Waals surface area contributed by atoms with E-state index in [9.17, 15) is 0 Å². The van der Waals surface area contributed by atoms with Gasteiger partial charge in [0.2, 0.25) is 0 Å². The molecule has 0 saturated carbocycles. The van der Waals surface area contributed by atoms with Gasteiger partial charge in [0.1, 0.15) is 11.6 Å². The SMILES string of the molecule is COc1cccc(-c2nc3cc(C#N)ccc3n2C)c1. The first kappa shape index (κ1) is 12.2. The third-order valence-electron chi connectivity index (χ3n) is 3.34. The smallest absolute Gasteiger partial charge is 0.140 e. The van der Waals surface area contributed by atoms with E-state index < -0.39 is 0 Å². The molecule has 0 amide bonds. The van der Waals surface area contributed by atoms with E-state index in [2.05, 4.69) is 11.1 Å². The zero-order valence-electron chi connectivity index (χ0n) is 11.3. The van der Waals surface area contributed by atoms with Gasteiger partial charge in [0.05, 0.1) is 29.8 Å². The van der Waals surface area contributed by atoms with E-state index >= 15 is 0 Å². The van der Waals surface area contributed by atoms with Gasteiger partial charge in [-0.1, -0.05) is 12.1 Å². The third kappa shape index (κ3) is 1.90. The molecular formula is C16H13N3O. The Morgan fingerprint density at radius 2 is 2.05 bits per heavy atom. The van der Waals surface area contributed by atoms with Crippen molar-refractivity contribution in [2.45, 2.75) is 0 Å². The van der Waals surface area contributed by atoms with Gasteiger partial charge in [-0.15, -0.1) is 0 Å². The summed E-state index contributed by atoms with van der Waals surface area (Å²) in [7, 11) is 3.61. The standard InChI is InChI=1S/C16H13N3O/c1-19-15-7-6-11(10-17)8-14(15)18-16(19)12-4-3-5-13(9-12)20-2/h3-9H,1-2H3. The first-order chi connectivity index (χ1) is 9.72. The van der Waals surface area contributed by atoms with Crippen molar-refractivity contribution in [2.75, 3.05) is 7.11 Å². The van der Waals surface area contributed by atoms with Crippen molar-refractivity contribution in [3.8, 4) is 23.2 Å². The molecule has 1 heterocycles. The monoisotopic (exact) mass is 263 g/mol. The minimum atomic E-state index is 0.618. The van der Waals surface area contributed by atoms with Crippen LogP contribution in [0.3, 0.4) is 0 Å². The lowest BCUT2D eigenvalue weighted by molar-refractivity contribution is 0.415. The summed E-state index contributed by atoms with van der Waals surface area (Å²) in [6.07, 6.45) is 0. The van der Waals surface area contributed by atoms with Crippen molar-refractivity contribution in [2.24, 2.45) is 7.05 Å². The largest absolute Gasteiger partial charge is 0.497 e. The number of imidazole rings is 1. The molecule has 0 fully saturated rings. The predicted molar refractivity (Wildman–Crippen MR) is 77.4 cm³/mol. The highest BCUT2D eigenvalue weighted by molar-refractivity contribution is 5.82. The van der Waals surface area contributed by atoms with Gasteiger partial charge < -0.3 is 9.30 Å². The Kier molecular flexibility index (Phi) is 2.88. The van der Waals surface area contributed by atoms with Crippen LogP contribution in [0.2, 0.25) is 0 Å². The third-order valence-corrected chi connectivity index (χ3v) is 3.34. The number of methoxy groups -OCH3 is 1. The van der Waals surface area contributed by atoms with Gasteiger partial charge in [-0.2, -0.15) is 5.26 Å². The number of hydrogen-bond donors (Lipinski definition) is 0. The molecule has 0 N–H and O–H groups in total. The predicted octanol–water partition coefficient (Wildman–Crippen LogP) is 3.12. The van der Waals surface area contributed by atoms with Crippen LogP contribution >= 0.6 is 0 Å². The van der Waals surface area contributed by atoms with Crippen LogP contribution in [0, 0.1) is 11.3 Å². The number of nitrogens with zero attached hydrogens (tertiary/aromatic N) is 3. The Morgan fingerprint density at radius 1 is 1.20 bits per heavy atom. The molecule has 0 aliphatic rings. The fourth-order valence-electron chi connectivity index (χ4n) is 2.29. The van der Waals surface area contributed by atoms with Crippen LogP contribution in [0.4, 0.5) is 0 Å². The second kappa shape index (κ2) is 4.71. The molecule has 0 aliphatic carbocycles. The average Bonchev–Trinajstić information content (AvgIpc) is 2.83. The fourth-order valence-corrected chi connectivity index (χ4v) is 2.29. The lowest BCUT2D eigenvalue weighted by Gasteiger charge is -2.04. The molecule has 3 rings (SSSR count). The second-order valence-corrected chi connectivity index (χ2v) is 4.54. The van der Waals surface area contributed by atoms with Gasteiger partial charge in [0.25, 0.3) is 0 Å². The minimum Gasteiger partial charge on any atom is -0.497 e. The average molecular weight is 263 g/mol. The van der Waals surface area contributed by atoms with Crippen LogP contribution in [0.15, 0.2) is 42.5 Å². The maximum absolute atomic E-state index is 8.96. The molecule has 0 saturated heterocycles. The molecular weight excluding hydrogens is 250 g/mol. The quantitative estimate of drug-likeness (QED) is 0.713. The molecule has 0 spiro atoms. The molecule has 0 aliphatic heterocycles. The molecule has 0 unspecified atom stereocenters. The van der Waals surface area contributed by atoms with Crippen molar-refractivity contribution in [3.05, 3.63) is 48.0 Å². The Morgan fingerprint density at radius 3 is 2.80 bits per heavy atom. The highest BCUT2D eigenvalue weighted by atomic mass is 16.5. The van der Waals surface area contributed by atoms with Crippen LogP contribution in [0.1, 0.15) is 5.56 Å². The Labute approximate surface area is 116 Å². The number of ether oxygens (including phenoxy) is 1. The van der Waals surface area contributed by atoms with Gasteiger partial charge in [-0.05, 0) is 30.3 Å². The molecule has 0 radical (unpaired) electrons. The van der Waals surface area contributed by atoms with E-state index in [1.807, 2.05) is 41.9 Å². The Bertz CT molecular complexity index is 827. The van der Waals surface area contributed by atoms with Crippen LogP contribution in [-0.2, 0) is 7.05 Å². The van der Waals surface area contributed by atoms with E-state index in [0.29, 0.717) is 5.56 Å². The fraction of sp³-hybridized carbons (Fsp3) is 0.125. The second-order valence-electron chi connectivity index (χ2n) is 4.54. The number of benzene rings is 2. The van der Waals surface area contributed by atoms with E-state index in [4.69, 9.17) is 10.00 Å². The molecule has 2 aromatic carbocycles. The molecule has 4 heteroatoms. The molecule has 98 valence electrons.